The van der Waals surface area contributed by atoms with Crippen molar-refractivity contribution in [3.63, 3.8) is 0 Å². The van der Waals surface area contributed by atoms with Crippen molar-refractivity contribution in [3.8, 4) is 0 Å². The zero-order chi connectivity index (χ0) is 14.8. The van der Waals surface area contributed by atoms with E-state index in [0.29, 0.717) is 13.0 Å². The van der Waals surface area contributed by atoms with Crippen molar-refractivity contribution < 1.29 is 19.5 Å². The minimum Gasteiger partial charge on any atom is -0.480 e. The topological polar surface area (TPSA) is 148 Å². The summed E-state index contributed by atoms with van der Waals surface area (Å²) in [5, 5.41) is 13.2. The van der Waals surface area contributed by atoms with Gasteiger partial charge in [0.1, 0.15) is 6.04 Å². The predicted octanol–water partition coefficient (Wildman–Crippen LogP) is -1.85. The highest BCUT2D eigenvalue weighted by Crippen LogP contribution is 1.97. The van der Waals surface area contributed by atoms with Gasteiger partial charge in [-0.3, -0.25) is 14.4 Å². The van der Waals surface area contributed by atoms with Crippen LogP contribution in [-0.2, 0) is 14.4 Å². The molecule has 110 valence electrons. The molecular weight excluding hydrogens is 252 g/mol. The predicted molar refractivity (Wildman–Crippen MR) is 69.1 cm³/mol. The molecule has 0 aliphatic heterocycles. The lowest BCUT2D eigenvalue weighted by Gasteiger charge is -2.13. The molecule has 2 unspecified atom stereocenters. The first kappa shape index (κ1) is 17.3. The monoisotopic (exact) mass is 274 g/mol. The first-order valence-electron chi connectivity index (χ1n) is 6.14. The van der Waals surface area contributed by atoms with E-state index in [-0.39, 0.29) is 6.54 Å². The van der Waals surface area contributed by atoms with Crippen molar-refractivity contribution in [1.29, 1.82) is 0 Å². The lowest BCUT2D eigenvalue weighted by molar-refractivity contribution is -0.141. The number of amides is 2. The molecule has 0 radical (unpaired) electrons. The molecule has 0 aromatic carbocycles. The van der Waals surface area contributed by atoms with E-state index in [1.165, 1.54) is 6.92 Å². The summed E-state index contributed by atoms with van der Waals surface area (Å²) in [6.45, 7) is 1.59. The fourth-order valence-electron chi connectivity index (χ4n) is 1.29. The van der Waals surface area contributed by atoms with Crippen LogP contribution in [-0.4, -0.2) is 48.1 Å². The fraction of sp³-hybridized carbons (Fsp3) is 0.727. The summed E-state index contributed by atoms with van der Waals surface area (Å²) in [6, 6.07) is -1.68. The average Bonchev–Trinajstić information content (AvgIpc) is 2.35. The molecule has 0 rings (SSSR count). The third-order valence-electron chi connectivity index (χ3n) is 2.48. The molecule has 19 heavy (non-hydrogen) atoms. The van der Waals surface area contributed by atoms with Crippen LogP contribution in [0, 0.1) is 0 Å². The largest absolute Gasteiger partial charge is 0.480 e. The van der Waals surface area contributed by atoms with E-state index in [1.54, 1.807) is 0 Å². The molecule has 0 fully saturated rings. The Morgan fingerprint density at radius 2 is 1.89 bits per heavy atom. The summed E-state index contributed by atoms with van der Waals surface area (Å²) in [7, 11) is 0. The van der Waals surface area contributed by atoms with Gasteiger partial charge in [-0.2, -0.15) is 0 Å². The van der Waals surface area contributed by atoms with Crippen LogP contribution in [0.2, 0.25) is 0 Å². The Kier molecular flexibility index (Phi) is 8.47. The van der Waals surface area contributed by atoms with Gasteiger partial charge >= 0.3 is 5.97 Å². The third kappa shape index (κ3) is 8.11. The van der Waals surface area contributed by atoms with E-state index >= 15 is 0 Å². The molecule has 0 aromatic rings. The van der Waals surface area contributed by atoms with Crippen LogP contribution in [0.4, 0.5) is 0 Å². The Morgan fingerprint density at radius 1 is 1.26 bits per heavy atom. The number of rotatable bonds is 9. The second-order valence-corrected chi connectivity index (χ2v) is 4.24. The molecule has 7 N–H and O–H groups in total. The van der Waals surface area contributed by atoms with Crippen LogP contribution < -0.4 is 22.1 Å². The molecule has 8 nitrogen and oxygen atoms in total. The molecule has 0 aromatic heterocycles. The van der Waals surface area contributed by atoms with Crippen LogP contribution in [0.5, 0.6) is 0 Å². The summed E-state index contributed by atoms with van der Waals surface area (Å²) < 4.78 is 0. The van der Waals surface area contributed by atoms with Crippen molar-refractivity contribution in [2.45, 2.75) is 38.3 Å². The number of carbonyl (C=O) groups excluding carboxylic acids is 2. The molecule has 0 bridgehead atoms. The lowest BCUT2D eigenvalue weighted by Crippen LogP contribution is -2.47. The van der Waals surface area contributed by atoms with Crippen molar-refractivity contribution in [2.24, 2.45) is 11.5 Å². The van der Waals surface area contributed by atoms with E-state index in [0.717, 1.165) is 12.8 Å². The van der Waals surface area contributed by atoms with E-state index in [9.17, 15) is 14.4 Å². The Labute approximate surface area is 111 Å². The second kappa shape index (κ2) is 9.29. The summed E-state index contributed by atoms with van der Waals surface area (Å²) >= 11 is 0. The number of aliphatic carboxylic acids is 1. The first-order chi connectivity index (χ1) is 8.88. The number of hydrogen-bond acceptors (Lipinski definition) is 5. The Bertz CT molecular complexity index is 322. The molecule has 8 heteroatoms. The molecule has 0 saturated heterocycles. The molecule has 0 aliphatic carbocycles. The number of nitrogens with one attached hydrogen (secondary N) is 2. The van der Waals surface area contributed by atoms with Crippen LogP contribution in [0.15, 0.2) is 0 Å². The summed E-state index contributed by atoms with van der Waals surface area (Å²) in [6.07, 6.45) is 2.03. The summed E-state index contributed by atoms with van der Waals surface area (Å²) in [5.74, 6) is -2.15. The molecule has 2 amide bonds. The Hall–Kier alpha value is -1.67. The SMILES string of the molecule is CC(NC(=O)CNC(=O)C(N)CCCCN)C(=O)O. The van der Waals surface area contributed by atoms with Gasteiger partial charge in [0.05, 0.1) is 12.6 Å². The maximum Gasteiger partial charge on any atom is 0.325 e. The maximum absolute atomic E-state index is 11.5. The summed E-state index contributed by atoms with van der Waals surface area (Å²) in [5.41, 5.74) is 10.9. The van der Waals surface area contributed by atoms with Gasteiger partial charge in [-0.15, -0.1) is 0 Å². The number of carboxylic acid groups (broad SMARTS) is 1. The van der Waals surface area contributed by atoms with Gasteiger partial charge < -0.3 is 27.2 Å². The van der Waals surface area contributed by atoms with Gasteiger partial charge in [-0.25, -0.2) is 0 Å². The van der Waals surface area contributed by atoms with E-state index in [4.69, 9.17) is 16.6 Å². The maximum atomic E-state index is 11.5. The van der Waals surface area contributed by atoms with Crippen molar-refractivity contribution >= 4 is 17.8 Å². The average molecular weight is 274 g/mol. The minimum absolute atomic E-state index is 0.291. The molecule has 0 aliphatic rings. The van der Waals surface area contributed by atoms with E-state index in [1.807, 2.05) is 0 Å². The number of unbranched alkanes of at least 4 members (excludes halogenated alkanes) is 1. The van der Waals surface area contributed by atoms with E-state index in [2.05, 4.69) is 10.6 Å². The summed E-state index contributed by atoms with van der Waals surface area (Å²) in [4.78, 5) is 33.3. The first-order valence-corrected chi connectivity index (χ1v) is 6.14. The number of carbonyl (C=O) groups is 3. The lowest BCUT2D eigenvalue weighted by atomic mass is 10.1. The fourth-order valence-corrected chi connectivity index (χ4v) is 1.29. The highest BCUT2D eigenvalue weighted by molar-refractivity contribution is 5.89. The van der Waals surface area contributed by atoms with Gasteiger partial charge in [-0.05, 0) is 26.3 Å². The number of hydrogen-bond donors (Lipinski definition) is 5. The van der Waals surface area contributed by atoms with Gasteiger partial charge in [0.15, 0.2) is 0 Å². The van der Waals surface area contributed by atoms with Crippen molar-refractivity contribution in [3.05, 3.63) is 0 Å². The minimum atomic E-state index is -1.14. The molecule has 0 saturated carbocycles. The van der Waals surface area contributed by atoms with Gasteiger partial charge in [0.25, 0.3) is 0 Å². The van der Waals surface area contributed by atoms with Gasteiger partial charge in [0, 0.05) is 0 Å². The molecule has 0 heterocycles. The highest BCUT2D eigenvalue weighted by atomic mass is 16.4. The molecule has 2 atom stereocenters. The number of nitrogens with two attached hydrogens (primary N) is 2. The highest BCUT2D eigenvalue weighted by Gasteiger charge is 2.16. The van der Waals surface area contributed by atoms with E-state index < -0.39 is 29.9 Å². The smallest absolute Gasteiger partial charge is 0.325 e. The molecular formula is C11H22N4O4. The van der Waals surface area contributed by atoms with Crippen molar-refractivity contribution in [2.75, 3.05) is 13.1 Å². The standard InChI is InChI=1S/C11H22N4O4/c1-7(11(18)19)15-9(16)6-14-10(17)8(13)4-2-3-5-12/h7-8H,2-6,12-13H2,1H3,(H,14,17)(H,15,16)(H,18,19). The van der Waals surface area contributed by atoms with Crippen molar-refractivity contribution in [1.82, 2.24) is 10.6 Å². The van der Waals surface area contributed by atoms with Gasteiger partial charge in [-0.1, -0.05) is 6.42 Å². The zero-order valence-corrected chi connectivity index (χ0v) is 11.0. The zero-order valence-electron chi connectivity index (χ0n) is 11.0. The third-order valence-corrected chi connectivity index (χ3v) is 2.48. The second-order valence-electron chi connectivity index (χ2n) is 4.24. The molecule has 0 spiro atoms. The number of carboxylic acids is 1. The van der Waals surface area contributed by atoms with Crippen LogP contribution in [0.25, 0.3) is 0 Å². The van der Waals surface area contributed by atoms with Crippen LogP contribution in [0.3, 0.4) is 0 Å². The quantitative estimate of drug-likeness (QED) is 0.312. The van der Waals surface area contributed by atoms with Gasteiger partial charge in [0.2, 0.25) is 11.8 Å². The Morgan fingerprint density at radius 3 is 2.42 bits per heavy atom. The Balaban J connectivity index is 3.88. The van der Waals surface area contributed by atoms with Crippen LogP contribution >= 0.6 is 0 Å². The van der Waals surface area contributed by atoms with Crippen LogP contribution in [0.1, 0.15) is 26.2 Å². The normalized spacial score (nSPS) is 13.4.